The second kappa shape index (κ2) is 7.47. The highest BCUT2D eigenvalue weighted by molar-refractivity contribution is 6.30. The Hall–Kier alpha value is -1.06. The Kier molecular flexibility index (Phi) is 5.37. The number of nitrogens with zero attached hydrogens (tertiary/aromatic N) is 1. The molecule has 1 aromatic carbocycles. The van der Waals surface area contributed by atoms with E-state index < -0.39 is 0 Å². The maximum atomic E-state index is 12.3. The van der Waals surface area contributed by atoms with Gasteiger partial charge in [-0.15, -0.1) is 0 Å². The van der Waals surface area contributed by atoms with Crippen LogP contribution in [0.4, 0.5) is 0 Å². The molecule has 2 fully saturated rings. The van der Waals surface area contributed by atoms with Gasteiger partial charge in [-0.2, -0.15) is 0 Å². The number of nitrogens with one attached hydrogen (secondary N) is 1. The molecule has 4 heteroatoms. The molecular formula is C18H25ClN2O. The molecule has 1 saturated carbocycles. The zero-order chi connectivity index (χ0) is 15.4. The minimum Gasteiger partial charge on any atom is -0.353 e. The molecule has 22 heavy (non-hydrogen) atoms. The Morgan fingerprint density at radius 1 is 1.18 bits per heavy atom. The summed E-state index contributed by atoms with van der Waals surface area (Å²) in [6.45, 7) is 2.92. The van der Waals surface area contributed by atoms with Crippen molar-refractivity contribution in [2.24, 2.45) is 5.92 Å². The molecule has 0 radical (unpaired) electrons. The van der Waals surface area contributed by atoms with Gasteiger partial charge in [0.25, 0.3) is 0 Å². The number of hydrogen-bond donors (Lipinski definition) is 1. The van der Waals surface area contributed by atoms with Crippen LogP contribution in [0.2, 0.25) is 5.02 Å². The highest BCUT2D eigenvalue weighted by atomic mass is 35.5. The van der Waals surface area contributed by atoms with Crippen LogP contribution in [0.15, 0.2) is 24.3 Å². The van der Waals surface area contributed by atoms with Gasteiger partial charge in [-0.3, -0.25) is 9.69 Å². The Bertz CT molecular complexity index is 506. The van der Waals surface area contributed by atoms with Crippen LogP contribution < -0.4 is 5.32 Å². The molecule has 1 aromatic rings. The molecule has 1 amide bonds. The molecule has 1 N–H and O–H groups in total. The van der Waals surface area contributed by atoms with Gasteiger partial charge in [-0.25, -0.2) is 0 Å². The van der Waals surface area contributed by atoms with Crippen molar-refractivity contribution in [1.29, 1.82) is 0 Å². The van der Waals surface area contributed by atoms with Gasteiger partial charge >= 0.3 is 0 Å². The number of benzene rings is 1. The molecule has 0 atom stereocenters. The molecule has 1 aliphatic heterocycles. The summed E-state index contributed by atoms with van der Waals surface area (Å²) < 4.78 is 0. The normalized spacial score (nSPS) is 21.1. The van der Waals surface area contributed by atoms with Crippen LogP contribution in [0, 0.1) is 5.92 Å². The number of rotatable bonds is 4. The highest BCUT2D eigenvalue weighted by Crippen LogP contribution is 2.22. The quantitative estimate of drug-likeness (QED) is 0.919. The monoisotopic (exact) mass is 320 g/mol. The van der Waals surface area contributed by atoms with Gasteiger partial charge < -0.3 is 5.32 Å². The van der Waals surface area contributed by atoms with E-state index in [2.05, 4.69) is 16.3 Å². The number of carbonyl (C=O) groups excluding carboxylic acids is 1. The Morgan fingerprint density at radius 2 is 1.91 bits per heavy atom. The maximum absolute atomic E-state index is 12.3. The van der Waals surface area contributed by atoms with Crippen molar-refractivity contribution >= 4 is 17.5 Å². The SMILES string of the molecule is O=C(NC1CCCC1)C1CCN(Cc2cccc(Cl)c2)CC1. The summed E-state index contributed by atoms with van der Waals surface area (Å²) in [6.07, 6.45) is 6.81. The van der Waals surface area contributed by atoms with Crippen molar-refractivity contribution in [3.63, 3.8) is 0 Å². The molecule has 2 aliphatic rings. The molecule has 1 heterocycles. The van der Waals surface area contributed by atoms with Gasteiger partial charge in [0.1, 0.15) is 0 Å². The predicted molar refractivity (Wildman–Crippen MR) is 89.9 cm³/mol. The van der Waals surface area contributed by atoms with Crippen molar-refractivity contribution in [2.75, 3.05) is 13.1 Å². The van der Waals surface area contributed by atoms with E-state index in [0.29, 0.717) is 6.04 Å². The zero-order valence-electron chi connectivity index (χ0n) is 13.1. The van der Waals surface area contributed by atoms with Crippen molar-refractivity contribution in [1.82, 2.24) is 10.2 Å². The molecule has 3 rings (SSSR count). The molecule has 0 bridgehead atoms. The summed E-state index contributed by atoms with van der Waals surface area (Å²) in [6, 6.07) is 8.49. The first-order valence-corrected chi connectivity index (χ1v) is 8.86. The summed E-state index contributed by atoms with van der Waals surface area (Å²) in [4.78, 5) is 14.7. The molecule has 3 nitrogen and oxygen atoms in total. The molecule has 0 spiro atoms. The van der Waals surface area contributed by atoms with Crippen molar-refractivity contribution < 1.29 is 4.79 Å². The largest absolute Gasteiger partial charge is 0.353 e. The first-order chi connectivity index (χ1) is 10.7. The van der Waals surface area contributed by atoms with Gasteiger partial charge in [-0.05, 0) is 56.5 Å². The second-order valence-corrected chi connectivity index (χ2v) is 7.11. The molecular weight excluding hydrogens is 296 g/mol. The Labute approximate surface area is 138 Å². The van der Waals surface area contributed by atoms with Crippen LogP contribution in [0.1, 0.15) is 44.1 Å². The van der Waals surface area contributed by atoms with Crippen molar-refractivity contribution in [2.45, 2.75) is 51.1 Å². The van der Waals surface area contributed by atoms with Crippen LogP contribution in [0.5, 0.6) is 0 Å². The van der Waals surface area contributed by atoms with Crippen LogP contribution in [0.25, 0.3) is 0 Å². The third-order valence-electron chi connectivity index (χ3n) is 4.96. The predicted octanol–water partition coefficient (Wildman–Crippen LogP) is 3.61. The van der Waals surface area contributed by atoms with E-state index in [9.17, 15) is 4.79 Å². The van der Waals surface area contributed by atoms with E-state index in [4.69, 9.17) is 11.6 Å². The van der Waals surface area contributed by atoms with Gasteiger partial charge in [-0.1, -0.05) is 36.6 Å². The van der Waals surface area contributed by atoms with Crippen LogP contribution >= 0.6 is 11.6 Å². The third kappa shape index (κ3) is 4.23. The maximum Gasteiger partial charge on any atom is 0.223 e. The fraction of sp³-hybridized carbons (Fsp3) is 0.611. The number of hydrogen-bond acceptors (Lipinski definition) is 2. The number of carbonyl (C=O) groups is 1. The summed E-state index contributed by atoms with van der Waals surface area (Å²) in [5.41, 5.74) is 1.25. The van der Waals surface area contributed by atoms with Crippen molar-refractivity contribution in [3.8, 4) is 0 Å². The number of piperidine rings is 1. The van der Waals surface area contributed by atoms with Gasteiger partial charge in [0.15, 0.2) is 0 Å². The highest BCUT2D eigenvalue weighted by Gasteiger charge is 2.27. The smallest absolute Gasteiger partial charge is 0.223 e. The Balaban J connectivity index is 1.44. The van der Waals surface area contributed by atoms with E-state index in [1.807, 2.05) is 18.2 Å². The molecule has 0 aromatic heterocycles. The summed E-state index contributed by atoms with van der Waals surface area (Å²) in [5.74, 6) is 0.491. The average molecular weight is 321 g/mol. The lowest BCUT2D eigenvalue weighted by Crippen LogP contribution is -2.42. The van der Waals surface area contributed by atoms with Gasteiger partial charge in [0.05, 0.1) is 0 Å². The molecule has 0 unspecified atom stereocenters. The van der Waals surface area contributed by atoms with E-state index in [0.717, 1.165) is 37.5 Å². The van der Waals surface area contributed by atoms with E-state index >= 15 is 0 Å². The number of amides is 1. The summed E-state index contributed by atoms with van der Waals surface area (Å²) in [7, 11) is 0. The Morgan fingerprint density at radius 3 is 2.59 bits per heavy atom. The van der Waals surface area contributed by atoms with Crippen LogP contribution in [-0.4, -0.2) is 29.9 Å². The zero-order valence-corrected chi connectivity index (χ0v) is 13.8. The van der Waals surface area contributed by atoms with Gasteiger partial charge in [0, 0.05) is 23.5 Å². The third-order valence-corrected chi connectivity index (χ3v) is 5.19. The fourth-order valence-electron chi connectivity index (χ4n) is 3.64. The lowest BCUT2D eigenvalue weighted by atomic mass is 9.95. The molecule has 1 aliphatic carbocycles. The number of likely N-dealkylation sites (tertiary alicyclic amines) is 1. The minimum absolute atomic E-state index is 0.205. The second-order valence-electron chi connectivity index (χ2n) is 6.67. The summed E-state index contributed by atoms with van der Waals surface area (Å²) >= 11 is 6.04. The average Bonchev–Trinajstić information content (AvgIpc) is 3.01. The van der Waals surface area contributed by atoms with E-state index in [1.54, 1.807) is 0 Å². The van der Waals surface area contributed by atoms with Crippen molar-refractivity contribution in [3.05, 3.63) is 34.9 Å². The topological polar surface area (TPSA) is 32.3 Å². The lowest BCUT2D eigenvalue weighted by molar-refractivity contribution is -0.127. The van der Waals surface area contributed by atoms with Crippen LogP contribution in [-0.2, 0) is 11.3 Å². The minimum atomic E-state index is 0.205. The lowest BCUT2D eigenvalue weighted by Gasteiger charge is -2.31. The first-order valence-electron chi connectivity index (χ1n) is 8.48. The van der Waals surface area contributed by atoms with Gasteiger partial charge in [0.2, 0.25) is 5.91 Å². The van der Waals surface area contributed by atoms with Crippen LogP contribution in [0.3, 0.4) is 0 Å². The molecule has 1 saturated heterocycles. The summed E-state index contributed by atoms with van der Waals surface area (Å²) in [5, 5.41) is 4.04. The number of halogens is 1. The van der Waals surface area contributed by atoms with E-state index in [1.165, 1.54) is 31.2 Å². The molecule has 120 valence electrons. The first kappa shape index (κ1) is 15.8. The standard InChI is InChI=1S/C18H25ClN2O/c19-16-5-3-4-14(12-16)13-21-10-8-15(9-11-21)18(22)20-17-6-1-2-7-17/h3-5,12,15,17H,1-2,6-11,13H2,(H,20,22). The fourth-order valence-corrected chi connectivity index (χ4v) is 3.85. The van der Waals surface area contributed by atoms with E-state index in [-0.39, 0.29) is 11.8 Å².